The van der Waals surface area contributed by atoms with Crippen molar-refractivity contribution in [2.75, 3.05) is 7.05 Å². The number of aryl methyl sites for hydroxylation is 1. The van der Waals surface area contributed by atoms with Gasteiger partial charge in [-0.2, -0.15) is 5.10 Å². The van der Waals surface area contributed by atoms with Gasteiger partial charge in [0.25, 0.3) is 5.91 Å². The number of hydrogen-bond donors (Lipinski definition) is 0. The molecule has 3 rings (SSSR count). The summed E-state index contributed by atoms with van der Waals surface area (Å²) in [6, 6.07) is 5.39. The van der Waals surface area contributed by atoms with Gasteiger partial charge in [-0.25, -0.2) is 4.98 Å². The van der Waals surface area contributed by atoms with Crippen LogP contribution in [0.1, 0.15) is 16.1 Å². The summed E-state index contributed by atoms with van der Waals surface area (Å²) >= 11 is 0. The summed E-state index contributed by atoms with van der Waals surface area (Å²) in [5, 5.41) is 11.5. The lowest BCUT2D eigenvalue weighted by Crippen LogP contribution is -2.27. The average Bonchev–Trinajstić information content (AvgIpc) is 3.19. The van der Waals surface area contributed by atoms with Crippen LogP contribution in [-0.4, -0.2) is 47.4 Å². The Bertz CT molecular complexity index is 761. The van der Waals surface area contributed by atoms with Crippen molar-refractivity contribution in [2.45, 2.75) is 6.54 Å². The molecule has 22 heavy (non-hydrogen) atoms. The Morgan fingerprint density at radius 1 is 1.23 bits per heavy atom. The summed E-state index contributed by atoms with van der Waals surface area (Å²) in [6.45, 7) is 0.489. The molecule has 0 aliphatic rings. The smallest absolute Gasteiger partial charge is 0.255 e. The topological polar surface area (TPSA) is 81.7 Å². The van der Waals surface area contributed by atoms with Gasteiger partial charge in [-0.1, -0.05) is 0 Å². The van der Waals surface area contributed by atoms with E-state index in [0.29, 0.717) is 17.9 Å². The van der Waals surface area contributed by atoms with Gasteiger partial charge in [-0.05, 0) is 18.2 Å². The van der Waals surface area contributed by atoms with Crippen molar-refractivity contribution in [3.05, 3.63) is 54.5 Å². The van der Waals surface area contributed by atoms with Crippen LogP contribution in [0.2, 0.25) is 0 Å². The minimum atomic E-state index is -0.0935. The van der Waals surface area contributed by atoms with Crippen molar-refractivity contribution in [3.8, 4) is 5.82 Å². The second-order valence-corrected chi connectivity index (χ2v) is 4.88. The second-order valence-electron chi connectivity index (χ2n) is 4.88. The first kappa shape index (κ1) is 13.9. The Morgan fingerprint density at radius 2 is 2.00 bits per heavy atom. The summed E-state index contributed by atoms with van der Waals surface area (Å²) in [5.41, 5.74) is 1.49. The largest absolute Gasteiger partial charge is 0.336 e. The van der Waals surface area contributed by atoms with Crippen LogP contribution in [0, 0.1) is 0 Å². The second kappa shape index (κ2) is 5.76. The van der Waals surface area contributed by atoms with Gasteiger partial charge >= 0.3 is 0 Å². The lowest BCUT2D eigenvalue weighted by molar-refractivity contribution is 0.0781. The van der Waals surface area contributed by atoms with Crippen LogP contribution in [0.15, 0.2) is 43.2 Å². The van der Waals surface area contributed by atoms with E-state index in [1.807, 2.05) is 13.1 Å². The molecule has 3 aromatic rings. The molecule has 0 radical (unpaired) electrons. The van der Waals surface area contributed by atoms with Gasteiger partial charge < -0.3 is 4.90 Å². The van der Waals surface area contributed by atoms with E-state index in [9.17, 15) is 4.79 Å². The number of aromatic nitrogens is 6. The van der Waals surface area contributed by atoms with Crippen molar-refractivity contribution in [1.29, 1.82) is 0 Å². The van der Waals surface area contributed by atoms with Gasteiger partial charge in [0, 0.05) is 26.5 Å². The number of pyridine rings is 1. The minimum Gasteiger partial charge on any atom is -0.336 e. The van der Waals surface area contributed by atoms with Crippen LogP contribution >= 0.6 is 0 Å². The summed E-state index contributed by atoms with van der Waals surface area (Å²) in [5.74, 6) is 0.569. The van der Waals surface area contributed by atoms with E-state index in [2.05, 4.69) is 20.3 Å². The molecule has 0 saturated heterocycles. The molecular formula is C14H15N7O. The molecule has 0 unspecified atom stereocenters. The molecule has 3 aromatic heterocycles. The number of rotatable bonds is 4. The van der Waals surface area contributed by atoms with Crippen LogP contribution in [0.5, 0.6) is 0 Å². The van der Waals surface area contributed by atoms with E-state index in [0.717, 1.165) is 5.69 Å². The quantitative estimate of drug-likeness (QED) is 0.707. The molecular weight excluding hydrogens is 282 g/mol. The summed E-state index contributed by atoms with van der Waals surface area (Å²) in [4.78, 5) is 18.3. The fraction of sp³-hybridized carbons (Fsp3) is 0.214. The van der Waals surface area contributed by atoms with E-state index < -0.39 is 0 Å². The maximum Gasteiger partial charge on any atom is 0.255 e. The van der Waals surface area contributed by atoms with Crippen molar-refractivity contribution < 1.29 is 4.79 Å². The van der Waals surface area contributed by atoms with E-state index in [1.165, 1.54) is 0 Å². The highest BCUT2D eigenvalue weighted by Crippen LogP contribution is 2.09. The van der Waals surface area contributed by atoms with Gasteiger partial charge in [-0.3, -0.25) is 14.0 Å². The third-order valence-corrected chi connectivity index (χ3v) is 3.35. The maximum absolute atomic E-state index is 12.4. The molecule has 8 heteroatoms. The highest BCUT2D eigenvalue weighted by atomic mass is 16.2. The molecule has 0 aliphatic heterocycles. The zero-order valence-electron chi connectivity index (χ0n) is 12.3. The van der Waals surface area contributed by atoms with E-state index in [-0.39, 0.29) is 5.91 Å². The van der Waals surface area contributed by atoms with Crippen LogP contribution in [0.25, 0.3) is 5.82 Å². The van der Waals surface area contributed by atoms with E-state index in [1.54, 1.807) is 58.4 Å². The lowest BCUT2D eigenvalue weighted by Gasteiger charge is -2.17. The Kier molecular flexibility index (Phi) is 3.65. The summed E-state index contributed by atoms with van der Waals surface area (Å²) in [7, 11) is 3.60. The lowest BCUT2D eigenvalue weighted by atomic mass is 10.2. The van der Waals surface area contributed by atoms with Crippen LogP contribution in [0.4, 0.5) is 0 Å². The fourth-order valence-corrected chi connectivity index (χ4v) is 2.08. The predicted molar refractivity (Wildman–Crippen MR) is 78.2 cm³/mol. The van der Waals surface area contributed by atoms with Crippen LogP contribution in [-0.2, 0) is 13.6 Å². The third-order valence-electron chi connectivity index (χ3n) is 3.35. The van der Waals surface area contributed by atoms with Gasteiger partial charge in [-0.15, -0.1) is 10.2 Å². The van der Waals surface area contributed by atoms with Gasteiger partial charge in [0.2, 0.25) is 0 Å². The number of carbonyl (C=O) groups excluding carboxylic acids is 1. The highest BCUT2D eigenvalue weighted by Gasteiger charge is 2.14. The molecule has 0 aliphatic carbocycles. The fourth-order valence-electron chi connectivity index (χ4n) is 2.08. The Hall–Kier alpha value is -3.03. The van der Waals surface area contributed by atoms with Gasteiger partial charge in [0.1, 0.15) is 18.5 Å². The van der Waals surface area contributed by atoms with E-state index >= 15 is 0 Å². The molecule has 0 spiro atoms. The zero-order valence-corrected chi connectivity index (χ0v) is 12.3. The molecule has 112 valence electrons. The SMILES string of the molecule is CN(Cc1ccnn1C)C(=O)c1ccc(-n2cnnc2)nc1. The molecule has 0 fully saturated rings. The first-order chi connectivity index (χ1) is 10.6. The van der Waals surface area contributed by atoms with Crippen LogP contribution < -0.4 is 0 Å². The minimum absolute atomic E-state index is 0.0935. The highest BCUT2D eigenvalue weighted by molar-refractivity contribution is 5.93. The van der Waals surface area contributed by atoms with Gasteiger partial charge in [0.15, 0.2) is 0 Å². The molecule has 1 amide bonds. The van der Waals surface area contributed by atoms with Crippen molar-refractivity contribution in [2.24, 2.45) is 7.05 Å². The molecule has 0 N–H and O–H groups in total. The molecule has 0 saturated carbocycles. The van der Waals surface area contributed by atoms with Crippen molar-refractivity contribution >= 4 is 5.91 Å². The number of carbonyl (C=O) groups is 1. The monoisotopic (exact) mass is 297 g/mol. The molecule has 3 heterocycles. The first-order valence-electron chi connectivity index (χ1n) is 6.68. The first-order valence-corrected chi connectivity index (χ1v) is 6.68. The van der Waals surface area contributed by atoms with Crippen molar-refractivity contribution in [1.82, 2.24) is 34.4 Å². The number of nitrogens with zero attached hydrogens (tertiary/aromatic N) is 7. The molecule has 0 atom stereocenters. The Morgan fingerprint density at radius 3 is 2.59 bits per heavy atom. The molecule has 0 aromatic carbocycles. The number of hydrogen-bond acceptors (Lipinski definition) is 5. The Balaban J connectivity index is 1.73. The molecule has 8 nitrogen and oxygen atoms in total. The van der Waals surface area contributed by atoms with Crippen LogP contribution in [0.3, 0.4) is 0 Å². The summed E-state index contributed by atoms with van der Waals surface area (Å²) < 4.78 is 3.42. The summed E-state index contributed by atoms with van der Waals surface area (Å²) in [6.07, 6.45) is 6.37. The van der Waals surface area contributed by atoms with Gasteiger partial charge in [0.05, 0.1) is 17.8 Å². The predicted octanol–water partition coefficient (Wildman–Crippen LogP) is 0.668. The number of amides is 1. The van der Waals surface area contributed by atoms with Crippen molar-refractivity contribution in [3.63, 3.8) is 0 Å². The average molecular weight is 297 g/mol. The standard InChI is InChI=1S/C14H15N7O/c1-19(8-12-5-6-18-20(12)2)14(22)11-3-4-13(15-7-11)21-9-16-17-10-21/h3-7,9-10H,8H2,1-2H3. The van der Waals surface area contributed by atoms with E-state index in [4.69, 9.17) is 0 Å². The Labute approximate surface area is 127 Å². The molecule has 0 bridgehead atoms. The third kappa shape index (κ3) is 2.71. The normalized spacial score (nSPS) is 10.6. The zero-order chi connectivity index (χ0) is 15.5. The maximum atomic E-state index is 12.4.